The van der Waals surface area contributed by atoms with Crippen LogP contribution in [0.3, 0.4) is 0 Å². The van der Waals surface area contributed by atoms with E-state index in [1.807, 2.05) is 32.0 Å². The summed E-state index contributed by atoms with van der Waals surface area (Å²) in [4.78, 5) is 0. The highest BCUT2D eigenvalue weighted by Gasteiger charge is 2.12. The first-order chi connectivity index (χ1) is 11.6. The van der Waals surface area contributed by atoms with Crippen molar-refractivity contribution in [1.82, 2.24) is 20.2 Å². The van der Waals surface area contributed by atoms with Crippen LogP contribution in [0.2, 0.25) is 0 Å². The molecule has 0 amide bonds. The third-order valence-electron chi connectivity index (χ3n) is 3.61. The van der Waals surface area contributed by atoms with E-state index in [-0.39, 0.29) is 11.6 Å². The minimum atomic E-state index is -0.371. The summed E-state index contributed by atoms with van der Waals surface area (Å²) in [7, 11) is 1.45. The molecule has 1 aromatic heterocycles. The predicted octanol–water partition coefficient (Wildman–Crippen LogP) is 3.72. The van der Waals surface area contributed by atoms with Gasteiger partial charge in [0.25, 0.3) is 0 Å². The maximum atomic E-state index is 13.8. The van der Waals surface area contributed by atoms with Gasteiger partial charge >= 0.3 is 0 Å². The first-order valence-corrected chi connectivity index (χ1v) is 8.38. The van der Waals surface area contributed by atoms with Crippen molar-refractivity contribution >= 4 is 11.8 Å². The normalized spacial score (nSPS) is 10.8. The molecule has 124 valence electrons. The molecule has 0 spiro atoms. The van der Waals surface area contributed by atoms with E-state index < -0.39 is 0 Å². The van der Waals surface area contributed by atoms with Crippen molar-refractivity contribution < 1.29 is 9.13 Å². The molecule has 0 saturated carbocycles. The highest BCUT2D eigenvalue weighted by atomic mass is 32.2. The Labute approximate surface area is 143 Å². The van der Waals surface area contributed by atoms with Crippen LogP contribution in [-0.2, 0) is 5.75 Å². The summed E-state index contributed by atoms with van der Waals surface area (Å²) in [5.74, 6) is 0.431. The minimum Gasteiger partial charge on any atom is -0.494 e. The summed E-state index contributed by atoms with van der Waals surface area (Å²) in [6, 6.07) is 11.0. The largest absolute Gasteiger partial charge is 0.494 e. The van der Waals surface area contributed by atoms with Crippen molar-refractivity contribution in [2.45, 2.75) is 24.8 Å². The lowest BCUT2D eigenvalue weighted by molar-refractivity contribution is 0.386. The SMILES string of the molecule is COc1ccc(CSc2nnnn2-c2ccc(C)cc2C)cc1F. The van der Waals surface area contributed by atoms with Gasteiger partial charge in [0.2, 0.25) is 5.16 Å². The highest BCUT2D eigenvalue weighted by Crippen LogP contribution is 2.26. The van der Waals surface area contributed by atoms with E-state index >= 15 is 0 Å². The molecule has 0 bridgehead atoms. The van der Waals surface area contributed by atoms with Crippen LogP contribution in [0, 0.1) is 19.7 Å². The second-order valence-corrected chi connectivity index (χ2v) is 6.36. The van der Waals surface area contributed by atoms with Crippen LogP contribution in [0.4, 0.5) is 4.39 Å². The number of hydrogen-bond donors (Lipinski definition) is 0. The number of halogens is 1. The molecule has 0 N–H and O–H groups in total. The summed E-state index contributed by atoms with van der Waals surface area (Å²) in [6.07, 6.45) is 0. The molecule has 7 heteroatoms. The summed E-state index contributed by atoms with van der Waals surface area (Å²) in [5.41, 5.74) is 4.06. The molecule has 3 rings (SSSR count). The third-order valence-corrected chi connectivity index (χ3v) is 4.60. The average Bonchev–Trinajstić information content (AvgIpc) is 3.01. The Balaban J connectivity index is 1.80. The van der Waals surface area contributed by atoms with E-state index in [1.165, 1.54) is 30.5 Å². The molecule has 0 aliphatic carbocycles. The molecule has 3 aromatic rings. The summed E-state index contributed by atoms with van der Waals surface area (Å²) >= 11 is 1.46. The summed E-state index contributed by atoms with van der Waals surface area (Å²) < 4.78 is 20.4. The van der Waals surface area contributed by atoms with E-state index in [0.717, 1.165) is 16.8 Å². The smallest absolute Gasteiger partial charge is 0.214 e. The van der Waals surface area contributed by atoms with Gasteiger partial charge in [-0.25, -0.2) is 4.39 Å². The van der Waals surface area contributed by atoms with Gasteiger partial charge in [-0.05, 0) is 53.6 Å². The van der Waals surface area contributed by atoms with Crippen LogP contribution in [0.15, 0.2) is 41.6 Å². The number of tetrazole rings is 1. The molecule has 2 aromatic carbocycles. The van der Waals surface area contributed by atoms with Crippen LogP contribution in [-0.4, -0.2) is 27.3 Å². The number of benzene rings is 2. The second-order valence-electron chi connectivity index (χ2n) is 5.42. The summed E-state index contributed by atoms with van der Waals surface area (Å²) in [6.45, 7) is 4.07. The number of nitrogens with zero attached hydrogens (tertiary/aromatic N) is 4. The highest BCUT2D eigenvalue weighted by molar-refractivity contribution is 7.98. The molecule has 24 heavy (non-hydrogen) atoms. The molecule has 0 aliphatic rings. The molecule has 0 unspecified atom stereocenters. The fourth-order valence-electron chi connectivity index (χ4n) is 2.41. The molecule has 0 atom stereocenters. The number of aryl methyl sites for hydroxylation is 2. The van der Waals surface area contributed by atoms with Gasteiger partial charge in [-0.3, -0.25) is 0 Å². The first-order valence-electron chi connectivity index (χ1n) is 7.39. The monoisotopic (exact) mass is 344 g/mol. The number of aromatic nitrogens is 4. The van der Waals surface area contributed by atoms with Crippen molar-refractivity contribution in [3.8, 4) is 11.4 Å². The van der Waals surface area contributed by atoms with Gasteiger partial charge in [-0.2, -0.15) is 4.68 Å². The summed E-state index contributed by atoms with van der Waals surface area (Å²) in [5, 5.41) is 12.6. The molecule has 0 fully saturated rings. The number of hydrogen-bond acceptors (Lipinski definition) is 5. The molecule has 1 heterocycles. The maximum absolute atomic E-state index is 13.8. The molecule has 0 saturated heterocycles. The Kier molecular flexibility index (Phi) is 4.80. The van der Waals surface area contributed by atoms with Gasteiger partial charge in [0, 0.05) is 5.75 Å². The van der Waals surface area contributed by atoms with Crippen LogP contribution >= 0.6 is 11.8 Å². The molecular formula is C17H17FN4OS. The minimum absolute atomic E-state index is 0.240. The van der Waals surface area contributed by atoms with Gasteiger partial charge < -0.3 is 4.74 Å². The predicted molar refractivity (Wildman–Crippen MR) is 91.1 cm³/mol. The molecular weight excluding hydrogens is 327 g/mol. The van der Waals surface area contributed by atoms with Crippen molar-refractivity contribution in [3.63, 3.8) is 0 Å². The second kappa shape index (κ2) is 7.00. The van der Waals surface area contributed by atoms with Crippen LogP contribution < -0.4 is 4.74 Å². The Bertz CT molecular complexity index is 866. The van der Waals surface area contributed by atoms with Gasteiger partial charge in [0.15, 0.2) is 11.6 Å². The van der Waals surface area contributed by atoms with Crippen LogP contribution in [0.1, 0.15) is 16.7 Å². The van der Waals surface area contributed by atoms with Gasteiger partial charge in [-0.1, -0.05) is 35.5 Å². The quantitative estimate of drug-likeness (QED) is 0.660. The Morgan fingerprint density at radius 3 is 2.71 bits per heavy atom. The number of ether oxygens (including phenoxy) is 1. The van der Waals surface area contributed by atoms with E-state index in [4.69, 9.17) is 4.74 Å². The number of methoxy groups -OCH3 is 1. The zero-order valence-electron chi connectivity index (χ0n) is 13.7. The molecule has 0 aliphatic heterocycles. The van der Waals surface area contributed by atoms with Gasteiger partial charge in [-0.15, -0.1) is 5.10 Å². The third kappa shape index (κ3) is 3.41. The lowest BCUT2D eigenvalue weighted by Crippen LogP contribution is -2.02. The lowest BCUT2D eigenvalue weighted by atomic mass is 10.1. The van der Waals surface area contributed by atoms with Crippen molar-refractivity contribution in [3.05, 3.63) is 58.9 Å². The van der Waals surface area contributed by atoms with Crippen LogP contribution in [0.25, 0.3) is 5.69 Å². The van der Waals surface area contributed by atoms with E-state index in [2.05, 4.69) is 21.6 Å². The van der Waals surface area contributed by atoms with Crippen molar-refractivity contribution in [1.29, 1.82) is 0 Å². The van der Waals surface area contributed by atoms with E-state index in [1.54, 1.807) is 10.7 Å². The standard InChI is InChI=1S/C17H17FN4OS/c1-11-4-6-15(12(2)8-11)22-17(19-20-21-22)24-10-13-5-7-16(23-3)14(18)9-13/h4-9H,10H2,1-3H3. The lowest BCUT2D eigenvalue weighted by Gasteiger charge is -2.08. The van der Waals surface area contributed by atoms with Crippen LogP contribution in [0.5, 0.6) is 5.75 Å². The van der Waals surface area contributed by atoms with Gasteiger partial charge in [0.05, 0.1) is 12.8 Å². The number of thioether (sulfide) groups is 1. The van der Waals surface area contributed by atoms with Gasteiger partial charge in [0.1, 0.15) is 0 Å². The van der Waals surface area contributed by atoms with E-state index in [9.17, 15) is 4.39 Å². The zero-order chi connectivity index (χ0) is 17.1. The Hall–Kier alpha value is -2.41. The fraction of sp³-hybridized carbons (Fsp3) is 0.235. The maximum Gasteiger partial charge on any atom is 0.214 e. The average molecular weight is 344 g/mol. The van der Waals surface area contributed by atoms with E-state index in [0.29, 0.717) is 10.9 Å². The van der Waals surface area contributed by atoms with Crippen molar-refractivity contribution in [2.75, 3.05) is 7.11 Å². The molecule has 0 radical (unpaired) electrons. The fourth-order valence-corrected chi connectivity index (χ4v) is 3.24. The Morgan fingerprint density at radius 2 is 2.00 bits per heavy atom. The number of rotatable bonds is 5. The zero-order valence-corrected chi connectivity index (χ0v) is 14.5. The first kappa shape index (κ1) is 16.4. The topological polar surface area (TPSA) is 52.8 Å². The molecule has 5 nitrogen and oxygen atoms in total. The van der Waals surface area contributed by atoms with Crippen molar-refractivity contribution in [2.24, 2.45) is 0 Å². The Morgan fingerprint density at radius 1 is 1.17 bits per heavy atom.